The number of nitrogens with zero attached hydrogens (tertiary/aromatic N) is 1. The molecule has 0 saturated heterocycles. The topological polar surface area (TPSA) is 52.9 Å². The lowest BCUT2D eigenvalue weighted by atomic mass is 10.0. The predicted molar refractivity (Wildman–Crippen MR) is 91.0 cm³/mol. The van der Waals surface area contributed by atoms with Crippen LogP contribution >= 0.6 is 0 Å². The molecule has 110 valence electrons. The highest BCUT2D eigenvalue weighted by Crippen LogP contribution is 2.22. The highest BCUT2D eigenvalue weighted by atomic mass is 16.1. The molecule has 0 aromatic heterocycles. The maximum atomic E-state index is 12.1. The molecule has 0 unspecified atom stereocenters. The van der Waals surface area contributed by atoms with Crippen molar-refractivity contribution in [1.82, 2.24) is 0 Å². The first-order valence-corrected chi connectivity index (χ1v) is 7.23. The normalized spacial score (nSPS) is 9.87. The van der Waals surface area contributed by atoms with Crippen molar-refractivity contribution in [3.05, 3.63) is 90.0 Å². The van der Waals surface area contributed by atoms with E-state index in [-0.39, 0.29) is 5.91 Å². The largest absolute Gasteiger partial charge is 0.322 e. The molecule has 3 nitrogen and oxygen atoms in total. The van der Waals surface area contributed by atoms with Gasteiger partial charge in [0.15, 0.2) is 0 Å². The summed E-state index contributed by atoms with van der Waals surface area (Å²) in [6.07, 6.45) is 0. The van der Waals surface area contributed by atoms with Crippen molar-refractivity contribution in [2.75, 3.05) is 5.32 Å². The average Bonchev–Trinajstić information content (AvgIpc) is 2.63. The number of carbonyl (C=O) groups excluding carboxylic acids is 1. The summed E-state index contributed by atoms with van der Waals surface area (Å²) >= 11 is 0. The number of amides is 1. The Morgan fingerprint density at radius 2 is 1.35 bits per heavy atom. The molecule has 0 atom stereocenters. The monoisotopic (exact) mass is 298 g/mol. The quantitative estimate of drug-likeness (QED) is 0.775. The van der Waals surface area contributed by atoms with Crippen LogP contribution in [-0.2, 0) is 0 Å². The summed E-state index contributed by atoms with van der Waals surface area (Å²) in [6.45, 7) is 0. The minimum Gasteiger partial charge on any atom is -0.322 e. The van der Waals surface area contributed by atoms with Crippen LogP contribution in [0.25, 0.3) is 11.1 Å². The van der Waals surface area contributed by atoms with Crippen LogP contribution in [0.4, 0.5) is 5.69 Å². The third-order valence-corrected chi connectivity index (χ3v) is 3.53. The molecule has 3 heteroatoms. The van der Waals surface area contributed by atoms with Crippen LogP contribution in [0.1, 0.15) is 15.9 Å². The second-order valence-electron chi connectivity index (χ2n) is 5.09. The van der Waals surface area contributed by atoms with Crippen molar-refractivity contribution < 1.29 is 4.79 Å². The number of carbonyl (C=O) groups is 1. The standard InChI is InChI=1S/C20H14N2O/c21-14-15-6-8-16(9-7-15)17-10-12-19(13-11-17)22-20(23)18-4-2-1-3-5-18/h1-13H,(H,22,23). The van der Waals surface area contributed by atoms with Gasteiger partial charge in [-0.15, -0.1) is 0 Å². The molecule has 1 N–H and O–H groups in total. The third kappa shape index (κ3) is 3.45. The van der Waals surface area contributed by atoms with Gasteiger partial charge in [0, 0.05) is 11.3 Å². The number of anilines is 1. The van der Waals surface area contributed by atoms with Gasteiger partial charge in [-0.3, -0.25) is 4.79 Å². The Labute approximate surface area is 134 Å². The van der Waals surface area contributed by atoms with Gasteiger partial charge in [-0.05, 0) is 47.5 Å². The number of nitrogens with one attached hydrogen (secondary N) is 1. The Morgan fingerprint density at radius 3 is 1.91 bits per heavy atom. The Bertz CT molecular complexity index is 845. The molecule has 0 radical (unpaired) electrons. The Balaban J connectivity index is 1.74. The van der Waals surface area contributed by atoms with Gasteiger partial charge >= 0.3 is 0 Å². The molecular weight excluding hydrogens is 284 g/mol. The summed E-state index contributed by atoms with van der Waals surface area (Å²) in [6, 6.07) is 26.3. The van der Waals surface area contributed by atoms with Crippen molar-refractivity contribution in [3.8, 4) is 17.2 Å². The molecule has 3 aromatic carbocycles. The molecule has 0 saturated carbocycles. The van der Waals surface area contributed by atoms with Crippen molar-refractivity contribution in [3.63, 3.8) is 0 Å². The minimum absolute atomic E-state index is 0.128. The summed E-state index contributed by atoms with van der Waals surface area (Å²) < 4.78 is 0. The highest BCUT2D eigenvalue weighted by Gasteiger charge is 2.05. The lowest BCUT2D eigenvalue weighted by molar-refractivity contribution is 0.102. The zero-order valence-electron chi connectivity index (χ0n) is 12.4. The fraction of sp³-hybridized carbons (Fsp3) is 0. The van der Waals surface area contributed by atoms with Crippen molar-refractivity contribution in [1.29, 1.82) is 5.26 Å². The molecule has 0 aliphatic heterocycles. The van der Waals surface area contributed by atoms with Crippen LogP contribution < -0.4 is 5.32 Å². The molecule has 0 bridgehead atoms. The summed E-state index contributed by atoms with van der Waals surface area (Å²) in [5.41, 5.74) is 4.08. The van der Waals surface area contributed by atoms with E-state index in [2.05, 4.69) is 11.4 Å². The highest BCUT2D eigenvalue weighted by molar-refractivity contribution is 6.04. The number of hydrogen-bond acceptors (Lipinski definition) is 2. The Morgan fingerprint density at radius 1 is 0.783 bits per heavy atom. The van der Waals surface area contributed by atoms with Gasteiger partial charge in [-0.1, -0.05) is 42.5 Å². The van der Waals surface area contributed by atoms with Crippen molar-refractivity contribution in [2.45, 2.75) is 0 Å². The maximum absolute atomic E-state index is 12.1. The maximum Gasteiger partial charge on any atom is 0.255 e. The molecule has 0 aliphatic carbocycles. The van der Waals surface area contributed by atoms with E-state index in [4.69, 9.17) is 5.26 Å². The van der Waals surface area contributed by atoms with E-state index in [1.807, 2.05) is 54.6 Å². The summed E-state index contributed by atoms with van der Waals surface area (Å²) in [7, 11) is 0. The summed E-state index contributed by atoms with van der Waals surface area (Å²) in [5, 5.41) is 11.7. The van der Waals surface area contributed by atoms with Crippen LogP contribution in [0.5, 0.6) is 0 Å². The third-order valence-electron chi connectivity index (χ3n) is 3.53. The molecule has 0 heterocycles. The summed E-state index contributed by atoms with van der Waals surface area (Å²) in [4.78, 5) is 12.1. The molecule has 0 aliphatic rings. The SMILES string of the molecule is N#Cc1ccc(-c2ccc(NC(=O)c3ccccc3)cc2)cc1. The van der Waals surface area contributed by atoms with Crippen molar-refractivity contribution >= 4 is 11.6 Å². The first kappa shape index (κ1) is 14.6. The molecule has 0 fully saturated rings. The van der Waals surface area contributed by atoms with Crippen LogP contribution in [-0.4, -0.2) is 5.91 Å². The van der Waals surface area contributed by atoms with Crippen molar-refractivity contribution in [2.24, 2.45) is 0 Å². The molecule has 3 aromatic rings. The van der Waals surface area contributed by atoms with E-state index in [0.29, 0.717) is 11.1 Å². The second-order valence-corrected chi connectivity index (χ2v) is 5.09. The van der Waals surface area contributed by atoms with E-state index < -0.39 is 0 Å². The molecule has 0 spiro atoms. The van der Waals surface area contributed by atoms with E-state index in [0.717, 1.165) is 16.8 Å². The number of nitriles is 1. The summed E-state index contributed by atoms with van der Waals surface area (Å²) in [5.74, 6) is -0.128. The van der Waals surface area contributed by atoms with Crippen LogP contribution in [0.2, 0.25) is 0 Å². The molecular formula is C20H14N2O. The Kier molecular flexibility index (Phi) is 4.17. The number of hydrogen-bond donors (Lipinski definition) is 1. The van der Waals surface area contributed by atoms with Gasteiger partial charge in [0.1, 0.15) is 0 Å². The smallest absolute Gasteiger partial charge is 0.255 e. The van der Waals surface area contributed by atoms with Gasteiger partial charge in [-0.25, -0.2) is 0 Å². The predicted octanol–water partition coefficient (Wildman–Crippen LogP) is 4.48. The molecule has 23 heavy (non-hydrogen) atoms. The number of benzene rings is 3. The lowest BCUT2D eigenvalue weighted by Crippen LogP contribution is -2.11. The zero-order chi connectivity index (χ0) is 16.1. The van der Waals surface area contributed by atoms with E-state index in [1.54, 1.807) is 24.3 Å². The van der Waals surface area contributed by atoms with Gasteiger partial charge < -0.3 is 5.32 Å². The molecule has 3 rings (SSSR count). The van der Waals surface area contributed by atoms with E-state index >= 15 is 0 Å². The van der Waals surface area contributed by atoms with E-state index in [9.17, 15) is 4.79 Å². The fourth-order valence-corrected chi connectivity index (χ4v) is 2.28. The van der Waals surface area contributed by atoms with Gasteiger partial charge in [-0.2, -0.15) is 5.26 Å². The van der Waals surface area contributed by atoms with Crippen LogP contribution in [0, 0.1) is 11.3 Å². The van der Waals surface area contributed by atoms with Gasteiger partial charge in [0.2, 0.25) is 0 Å². The second kappa shape index (κ2) is 6.59. The Hall–Kier alpha value is -3.38. The average molecular weight is 298 g/mol. The molecule has 1 amide bonds. The first-order valence-electron chi connectivity index (χ1n) is 7.23. The minimum atomic E-state index is -0.128. The zero-order valence-corrected chi connectivity index (χ0v) is 12.4. The lowest BCUT2D eigenvalue weighted by Gasteiger charge is -2.07. The van der Waals surface area contributed by atoms with Crippen LogP contribution in [0.3, 0.4) is 0 Å². The van der Waals surface area contributed by atoms with E-state index in [1.165, 1.54) is 0 Å². The first-order chi connectivity index (χ1) is 11.3. The van der Waals surface area contributed by atoms with Gasteiger partial charge in [0.05, 0.1) is 11.6 Å². The van der Waals surface area contributed by atoms with Gasteiger partial charge in [0.25, 0.3) is 5.91 Å². The van der Waals surface area contributed by atoms with Crippen LogP contribution in [0.15, 0.2) is 78.9 Å². The number of rotatable bonds is 3. The fourth-order valence-electron chi connectivity index (χ4n) is 2.28.